The summed E-state index contributed by atoms with van der Waals surface area (Å²) in [5, 5.41) is 2.55. The molecule has 1 unspecified atom stereocenters. The number of aliphatic imine (C=N–C) groups is 1. The van der Waals surface area contributed by atoms with Crippen LogP contribution in [-0.2, 0) is 16.0 Å². The van der Waals surface area contributed by atoms with E-state index in [1.807, 2.05) is 48.5 Å². The predicted molar refractivity (Wildman–Crippen MR) is 140 cm³/mol. The molecule has 1 atom stereocenters. The second kappa shape index (κ2) is 11.7. The molecule has 0 bridgehead atoms. The minimum absolute atomic E-state index is 0.0252. The fourth-order valence-corrected chi connectivity index (χ4v) is 4.83. The molecule has 36 heavy (non-hydrogen) atoms. The topological polar surface area (TPSA) is 80.2 Å². The molecule has 0 aromatic heterocycles. The van der Waals surface area contributed by atoms with Gasteiger partial charge in [0.15, 0.2) is 16.7 Å². The minimum atomic E-state index is -0.664. The summed E-state index contributed by atoms with van der Waals surface area (Å²) in [5.41, 5.74) is 2.12. The largest absolute Gasteiger partial charge is 0.493 e. The molecule has 1 aliphatic heterocycles. The van der Waals surface area contributed by atoms with E-state index in [1.54, 1.807) is 19.1 Å². The van der Waals surface area contributed by atoms with E-state index >= 15 is 0 Å². The minimum Gasteiger partial charge on any atom is -0.493 e. The van der Waals surface area contributed by atoms with Crippen molar-refractivity contribution in [2.24, 2.45) is 4.99 Å². The van der Waals surface area contributed by atoms with Crippen LogP contribution in [0.5, 0.6) is 11.5 Å². The number of benzene rings is 3. The normalized spacial score (nSPS) is 16.6. The van der Waals surface area contributed by atoms with E-state index in [2.05, 4.69) is 10.3 Å². The number of amides is 2. The number of halogens is 1. The molecular weight excluding hydrogens is 481 g/mol. The lowest BCUT2D eigenvalue weighted by Crippen LogP contribution is -2.46. The smallest absolute Gasteiger partial charge is 0.238 e. The van der Waals surface area contributed by atoms with E-state index in [0.29, 0.717) is 41.0 Å². The number of carbonyl (C=O) groups is 2. The van der Waals surface area contributed by atoms with Gasteiger partial charge >= 0.3 is 0 Å². The van der Waals surface area contributed by atoms with Crippen molar-refractivity contribution < 1.29 is 23.5 Å². The maximum absolute atomic E-state index is 13.2. The average molecular weight is 508 g/mol. The van der Waals surface area contributed by atoms with Crippen LogP contribution in [-0.4, -0.2) is 47.9 Å². The van der Waals surface area contributed by atoms with E-state index in [1.165, 1.54) is 36.0 Å². The van der Waals surface area contributed by atoms with E-state index < -0.39 is 11.1 Å². The summed E-state index contributed by atoms with van der Waals surface area (Å²) in [7, 11) is 3.16. The molecule has 0 aliphatic carbocycles. The molecule has 1 N–H and O–H groups in total. The molecule has 1 aliphatic rings. The van der Waals surface area contributed by atoms with Crippen LogP contribution in [0.3, 0.4) is 0 Å². The number of methoxy groups -OCH3 is 2. The lowest BCUT2D eigenvalue weighted by atomic mass is 10.1. The molecule has 1 saturated heterocycles. The van der Waals surface area contributed by atoms with Gasteiger partial charge in [-0.25, -0.2) is 9.38 Å². The van der Waals surface area contributed by atoms with Crippen molar-refractivity contribution in [3.05, 3.63) is 84.2 Å². The molecule has 7 nitrogen and oxygen atoms in total. The molecular formula is C27H26FN3O4S. The second-order valence-electron chi connectivity index (χ2n) is 8.02. The number of para-hydroxylation sites is 1. The van der Waals surface area contributed by atoms with E-state index in [0.717, 1.165) is 5.56 Å². The zero-order valence-electron chi connectivity index (χ0n) is 19.9. The molecule has 1 fully saturated rings. The standard InChI is InChI=1S/C27H26FN3O4S/c1-34-22-13-8-18(16-23(22)35-2)14-15-31-25(32)17-24(26(33)29-21-11-9-19(28)10-12-21)36-27(31)30-20-6-4-3-5-7-20/h3-13,16,24H,14-15,17H2,1-2H3,(H,29,33). The summed E-state index contributed by atoms with van der Waals surface area (Å²) in [4.78, 5) is 32.5. The number of hydrogen-bond acceptors (Lipinski definition) is 6. The van der Waals surface area contributed by atoms with Crippen molar-refractivity contribution in [3.63, 3.8) is 0 Å². The molecule has 9 heteroatoms. The van der Waals surface area contributed by atoms with Gasteiger partial charge in [0.25, 0.3) is 0 Å². The van der Waals surface area contributed by atoms with E-state index in [9.17, 15) is 14.0 Å². The molecule has 3 aromatic rings. The number of carbonyl (C=O) groups excluding carboxylic acids is 2. The monoisotopic (exact) mass is 507 g/mol. The summed E-state index contributed by atoms with van der Waals surface area (Å²) >= 11 is 1.24. The van der Waals surface area contributed by atoms with Gasteiger partial charge in [-0.3, -0.25) is 14.5 Å². The van der Waals surface area contributed by atoms with E-state index in [-0.39, 0.29) is 18.2 Å². The lowest BCUT2D eigenvalue weighted by Gasteiger charge is -2.32. The Morgan fingerprint density at radius 3 is 2.47 bits per heavy atom. The maximum Gasteiger partial charge on any atom is 0.238 e. The van der Waals surface area contributed by atoms with E-state index in [4.69, 9.17) is 9.47 Å². The average Bonchev–Trinajstić information content (AvgIpc) is 2.89. The van der Waals surface area contributed by atoms with Crippen molar-refractivity contribution in [2.45, 2.75) is 18.1 Å². The first-order valence-corrected chi connectivity index (χ1v) is 12.2. The summed E-state index contributed by atoms with van der Waals surface area (Å²) in [6.45, 7) is 0.388. The maximum atomic E-state index is 13.2. The highest BCUT2D eigenvalue weighted by Crippen LogP contribution is 2.31. The van der Waals surface area contributed by atoms with Crippen LogP contribution in [0, 0.1) is 5.82 Å². The van der Waals surface area contributed by atoms with Gasteiger partial charge in [-0.1, -0.05) is 36.0 Å². The Morgan fingerprint density at radius 2 is 1.78 bits per heavy atom. The SMILES string of the molecule is COc1ccc(CCN2C(=O)CC(C(=O)Nc3ccc(F)cc3)SC2=Nc2ccccc2)cc1OC. The highest BCUT2D eigenvalue weighted by atomic mass is 32.2. The Balaban J connectivity index is 1.53. The number of nitrogens with one attached hydrogen (secondary N) is 1. The number of nitrogens with zero attached hydrogens (tertiary/aromatic N) is 2. The molecule has 0 spiro atoms. The van der Waals surface area contributed by atoms with Crippen LogP contribution in [0.25, 0.3) is 0 Å². The molecule has 0 saturated carbocycles. The van der Waals surface area contributed by atoms with Crippen molar-refractivity contribution in [3.8, 4) is 11.5 Å². The quantitative estimate of drug-likeness (QED) is 0.462. The van der Waals surface area contributed by atoms with Crippen LogP contribution < -0.4 is 14.8 Å². The molecule has 3 aromatic carbocycles. The fourth-order valence-electron chi connectivity index (χ4n) is 3.71. The van der Waals surface area contributed by atoms with Gasteiger partial charge in [0.05, 0.1) is 19.9 Å². The number of amidine groups is 1. The van der Waals surface area contributed by atoms with Crippen molar-refractivity contribution in [2.75, 3.05) is 26.1 Å². The number of rotatable bonds is 8. The van der Waals surface area contributed by atoms with Crippen molar-refractivity contribution in [1.29, 1.82) is 0 Å². The Hall–Kier alpha value is -3.85. The summed E-state index contributed by atoms with van der Waals surface area (Å²) in [6, 6.07) is 20.4. The zero-order valence-corrected chi connectivity index (χ0v) is 20.8. The molecule has 4 rings (SSSR count). The van der Waals surface area contributed by atoms with Crippen molar-refractivity contribution in [1.82, 2.24) is 4.90 Å². The molecule has 186 valence electrons. The molecule has 2 amide bonds. The Kier molecular flexibility index (Phi) is 8.22. The van der Waals surface area contributed by atoms with Crippen LogP contribution >= 0.6 is 11.8 Å². The first kappa shape index (κ1) is 25.2. The van der Waals surface area contributed by atoms with Crippen LogP contribution in [0.4, 0.5) is 15.8 Å². The lowest BCUT2D eigenvalue weighted by molar-refractivity contribution is -0.129. The Labute approximate surface area is 213 Å². The zero-order chi connectivity index (χ0) is 25.5. The van der Waals surface area contributed by atoms with Gasteiger partial charge < -0.3 is 14.8 Å². The first-order chi connectivity index (χ1) is 17.5. The first-order valence-electron chi connectivity index (χ1n) is 11.3. The van der Waals surface area contributed by atoms with Gasteiger partial charge in [-0.2, -0.15) is 0 Å². The van der Waals surface area contributed by atoms with Gasteiger partial charge in [0.2, 0.25) is 11.8 Å². The third-order valence-corrected chi connectivity index (χ3v) is 6.78. The van der Waals surface area contributed by atoms with Gasteiger partial charge in [0, 0.05) is 18.7 Å². The van der Waals surface area contributed by atoms with Crippen LogP contribution in [0.15, 0.2) is 77.8 Å². The van der Waals surface area contributed by atoms with Crippen LogP contribution in [0.2, 0.25) is 0 Å². The third kappa shape index (κ3) is 6.23. The number of hydrogen-bond donors (Lipinski definition) is 1. The van der Waals surface area contributed by atoms with Crippen molar-refractivity contribution >= 4 is 40.1 Å². The van der Waals surface area contributed by atoms with Crippen LogP contribution in [0.1, 0.15) is 12.0 Å². The Bertz CT molecular complexity index is 1250. The Morgan fingerprint density at radius 1 is 1.06 bits per heavy atom. The number of anilines is 1. The van der Waals surface area contributed by atoms with Gasteiger partial charge in [0.1, 0.15) is 11.1 Å². The van der Waals surface area contributed by atoms with Gasteiger partial charge in [-0.05, 0) is 60.5 Å². The summed E-state index contributed by atoms with van der Waals surface area (Å²) in [6.07, 6.45) is 0.588. The van der Waals surface area contributed by atoms with Gasteiger partial charge in [-0.15, -0.1) is 0 Å². The molecule has 1 heterocycles. The third-order valence-electron chi connectivity index (χ3n) is 5.60. The highest BCUT2D eigenvalue weighted by molar-refractivity contribution is 8.15. The summed E-state index contributed by atoms with van der Waals surface area (Å²) < 4.78 is 23.9. The number of ether oxygens (including phenoxy) is 2. The highest BCUT2D eigenvalue weighted by Gasteiger charge is 2.35. The second-order valence-corrected chi connectivity index (χ2v) is 9.19. The molecule has 0 radical (unpaired) electrons. The summed E-state index contributed by atoms with van der Waals surface area (Å²) in [5.74, 6) is 0.332. The number of thioether (sulfide) groups is 1. The fraction of sp³-hybridized carbons (Fsp3) is 0.222. The predicted octanol–water partition coefficient (Wildman–Crippen LogP) is 5.05.